The second-order valence-electron chi connectivity index (χ2n) is 6.61. The third-order valence-corrected chi connectivity index (χ3v) is 4.69. The molecule has 30 heavy (non-hydrogen) atoms. The predicted molar refractivity (Wildman–Crippen MR) is 96.2 cm³/mol. The summed E-state index contributed by atoms with van der Waals surface area (Å²) >= 11 is 0. The summed E-state index contributed by atoms with van der Waals surface area (Å²) in [6.07, 6.45) is -5.48. The van der Waals surface area contributed by atoms with E-state index in [1.54, 1.807) is 6.92 Å². The minimum absolute atomic E-state index is 0.0490. The SMILES string of the molecule is CCOC(=O)c1cnn(CN2CCN(c3ccc(C(F)(F)F)cn3)CC2)c1C(F)F. The van der Waals surface area contributed by atoms with Crippen molar-refractivity contribution in [1.29, 1.82) is 0 Å². The summed E-state index contributed by atoms with van der Waals surface area (Å²) in [5.41, 5.74) is -1.58. The number of halogens is 5. The zero-order valence-electron chi connectivity index (χ0n) is 16.1. The van der Waals surface area contributed by atoms with Crippen molar-refractivity contribution >= 4 is 11.8 Å². The van der Waals surface area contributed by atoms with E-state index in [4.69, 9.17) is 4.74 Å². The third-order valence-electron chi connectivity index (χ3n) is 4.69. The summed E-state index contributed by atoms with van der Waals surface area (Å²) < 4.78 is 70.8. The van der Waals surface area contributed by atoms with Crippen LogP contribution in [0.2, 0.25) is 0 Å². The first-order valence-corrected chi connectivity index (χ1v) is 9.22. The third kappa shape index (κ3) is 4.86. The van der Waals surface area contributed by atoms with E-state index >= 15 is 0 Å². The Morgan fingerprint density at radius 2 is 1.87 bits per heavy atom. The van der Waals surface area contributed by atoms with Gasteiger partial charge in [-0.1, -0.05) is 0 Å². The number of carbonyl (C=O) groups is 1. The Morgan fingerprint density at radius 1 is 1.17 bits per heavy atom. The summed E-state index contributed by atoms with van der Waals surface area (Å²) in [4.78, 5) is 19.4. The lowest BCUT2D eigenvalue weighted by molar-refractivity contribution is -0.137. The molecule has 164 valence electrons. The molecule has 1 saturated heterocycles. The zero-order chi connectivity index (χ0) is 21.9. The van der Waals surface area contributed by atoms with E-state index in [1.807, 2.05) is 9.80 Å². The molecule has 0 unspecified atom stereocenters. The van der Waals surface area contributed by atoms with E-state index in [1.165, 1.54) is 6.07 Å². The molecule has 0 aliphatic carbocycles. The number of aromatic nitrogens is 3. The van der Waals surface area contributed by atoms with E-state index in [0.717, 1.165) is 23.1 Å². The molecule has 1 fully saturated rings. The molecule has 0 bridgehead atoms. The maximum absolute atomic E-state index is 13.5. The minimum Gasteiger partial charge on any atom is -0.462 e. The van der Waals surface area contributed by atoms with E-state index in [2.05, 4.69) is 10.1 Å². The molecule has 12 heteroatoms. The normalized spacial score (nSPS) is 15.6. The number of alkyl halides is 5. The molecule has 2 aromatic rings. The van der Waals surface area contributed by atoms with Crippen LogP contribution in [-0.2, 0) is 17.6 Å². The van der Waals surface area contributed by atoms with E-state index in [-0.39, 0.29) is 18.8 Å². The number of esters is 1. The van der Waals surface area contributed by atoms with Crippen molar-refractivity contribution in [2.24, 2.45) is 0 Å². The predicted octanol–water partition coefficient (Wildman–Crippen LogP) is 3.19. The molecular formula is C18H20F5N5O2. The van der Waals surface area contributed by atoms with Crippen LogP contribution in [-0.4, -0.2) is 58.4 Å². The molecule has 0 amide bonds. The minimum atomic E-state index is -4.45. The summed E-state index contributed by atoms with van der Waals surface area (Å²) in [6.45, 7) is 3.51. The lowest BCUT2D eigenvalue weighted by atomic mass is 10.2. The van der Waals surface area contributed by atoms with Gasteiger partial charge in [0.25, 0.3) is 6.43 Å². The molecule has 0 aromatic carbocycles. The summed E-state index contributed by atoms with van der Waals surface area (Å²) in [5, 5.41) is 3.91. The molecule has 0 saturated carbocycles. The molecule has 0 N–H and O–H groups in total. The summed E-state index contributed by atoms with van der Waals surface area (Å²) in [5.74, 6) is -0.433. The van der Waals surface area contributed by atoms with Gasteiger partial charge in [-0.15, -0.1) is 0 Å². The molecule has 2 aromatic heterocycles. The van der Waals surface area contributed by atoms with E-state index < -0.39 is 29.8 Å². The fourth-order valence-electron chi connectivity index (χ4n) is 3.15. The molecule has 3 heterocycles. The van der Waals surface area contributed by atoms with Crippen molar-refractivity contribution in [3.05, 3.63) is 41.3 Å². The van der Waals surface area contributed by atoms with Gasteiger partial charge in [0, 0.05) is 32.4 Å². The van der Waals surface area contributed by atoms with Crippen molar-refractivity contribution in [1.82, 2.24) is 19.7 Å². The average molecular weight is 433 g/mol. The van der Waals surface area contributed by atoms with Crippen molar-refractivity contribution in [2.75, 3.05) is 37.7 Å². The van der Waals surface area contributed by atoms with Gasteiger partial charge < -0.3 is 9.64 Å². The summed E-state index contributed by atoms with van der Waals surface area (Å²) in [7, 11) is 0. The molecule has 0 spiro atoms. The van der Waals surface area contributed by atoms with Gasteiger partial charge in [-0.25, -0.2) is 23.2 Å². The Hall–Kier alpha value is -2.76. The van der Waals surface area contributed by atoms with Gasteiger partial charge >= 0.3 is 12.1 Å². The van der Waals surface area contributed by atoms with Gasteiger partial charge in [0.15, 0.2) is 0 Å². The smallest absolute Gasteiger partial charge is 0.417 e. The van der Waals surface area contributed by atoms with Gasteiger partial charge in [0.1, 0.15) is 17.1 Å². The average Bonchev–Trinajstić information content (AvgIpc) is 3.12. The van der Waals surface area contributed by atoms with Crippen molar-refractivity contribution in [3.63, 3.8) is 0 Å². The van der Waals surface area contributed by atoms with Crippen molar-refractivity contribution in [3.8, 4) is 0 Å². The van der Waals surface area contributed by atoms with Gasteiger partial charge in [0.05, 0.1) is 25.0 Å². The first kappa shape index (κ1) is 21.9. The Bertz CT molecular complexity index is 861. The van der Waals surface area contributed by atoms with Crippen LogP contribution in [0, 0.1) is 0 Å². The highest BCUT2D eigenvalue weighted by Crippen LogP contribution is 2.29. The monoisotopic (exact) mass is 433 g/mol. The van der Waals surface area contributed by atoms with Crippen LogP contribution in [0.5, 0.6) is 0 Å². The van der Waals surface area contributed by atoms with Gasteiger partial charge in [-0.2, -0.15) is 18.3 Å². The van der Waals surface area contributed by atoms with Gasteiger partial charge in [-0.05, 0) is 19.1 Å². The molecule has 1 aliphatic heterocycles. The molecular weight excluding hydrogens is 413 g/mol. The number of anilines is 1. The highest BCUT2D eigenvalue weighted by Gasteiger charge is 2.31. The zero-order valence-corrected chi connectivity index (χ0v) is 16.1. The Morgan fingerprint density at radius 3 is 2.40 bits per heavy atom. The maximum Gasteiger partial charge on any atom is 0.417 e. The number of ether oxygens (including phenoxy) is 1. The Labute approximate surface area is 169 Å². The van der Waals surface area contributed by atoms with Crippen LogP contribution in [0.3, 0.4) is 0 Å². The molecule has 7 nitrogen and oxygen atoms in total. The van der Waals surface area contributed by atoms with E-state index in [9.17, 15) is 26.7 Å². The number of hydrogen-bond acceptors (Lipinski definition) is 6. The molecule has 3 rings (SSSR count). The van der Waals surface area contributed by atoms with Crippen molar-refractivity contribution in [2.45, 2.75) is 26.2 Å². The highest BCUT2D eigenvalue weighted by atomic mass is 19.4. The van der Waals surface area contributed by atoms with E-state index in [0.29, 0.717) is 32.0 Å². The lowest BCUT2D eigenvalue weighted by Gasteiger charge is -2.35. The standard InChI is InChI=1S/C18H20F5N5O2/c1-2-30-17(29)13-10-25-28(15(13)16(19)20)11-26-5-7-27(8-6-26)14-4-3-12(9-24-14)18(21,22)23/h3-4,9-10,16H,2,5-8,11H2,1H3. The van der Waals surface area contributed by atoms with Crippen LogP contribution in [0.25, 0.3) is 0 Å². The second-order valence-corrected chi connectivity index (χ2v) is 6.61. The Kier molecular flexibility index (Phi) is 6.54. The molecule has 1 aliphatic rings. The van der Waals surface area contributed by atoms with Gasteiger partial charge in [-0.3, -0.25) is 4.90 Å². The van der Waals surface area contributed by atoms with Crippen LogP contribution in [0.15, 0.2) is 24.5 Å². The number of nitrogens with zero attached hydrogens (tertiary/aromatic N) is 5. The largest absolute Gasteiger partial charge is 0.462 e. The number of piperazine rings is 1. The first-order chi connectivity index (χ1) is 14.2. The fraction of sp³-hybridized carbons (Fsp3) is 0.500. The first-order valence-electron chi connectivity index (χ1n) is 9.22. The fourth-order valence-corrected chi connectivity index (χ4v) is 3.15. The van der Waals surface area contributed by atoms with Crippen LogP contribution in [0.4, 0.5) is 27.8 Å². The number of rotatable bonds is 6. The van der Waals surface area contributed by atoms with Crippen LogP contribution < -0.4 is 4.90 Å². The van der Waals surface area contributed by atoms with Crippen LogP contribution in [0.1, 0.15) is 35.0 Å². The quantitative estimate of drug-likeness (QED) is 0.515. The van der Waals surface area contributed by atoms with Gasteiger partial charge in [0.2, 0.25) is 0 Å². The number of carbonyl (C=O) groups excluding carboxylic acids is 1. The topological polar surface area (TPSA) is 63.5 Å². The lowest BCUT2D eigenvalue weighted by Crippen LogP contribution is -2.47. The molecule has 0 atom stereocenters. The second kappa shape index (κ2) is 8.94. The maximum atomic E-state index is 13.5. The summed E-state index contributed by atoms with van der Waals surface area (Å²) in [6, 6.07) is 2.29. The highest BCUT2D eigenvalue weighted by molar-refractivity contribution is 5.90. The molecule has 0 radical (unpaired) electrons. The van der Waals surface area contributed by atoms with Crippen molar-refractivity contribution < 1.29 is 31.5 Å². The van der Waals surface area contributed by atoms with Crippen LogP contribution >= 0.6 is 0 Å². The Balaban J connectivity index is 1.63. The number of hydrogen-bond donors (Lipinski definition) is 0. The number of pyridine rings is 1.